The monoisotopic (exact) mass is 292 g/mol. The molecule has 1 heterocycles. The molecule has 4 nitrogen and oxygen atoms in total. The molecule has 2 rings (SSSR count). The summed E-state index contributed by atoms with van der Waals surface area (Å²) in [6.07, 6.45) is 0.980. The summed E-state index contributed by atoms with van der Waals surface area (Å²) >= 11 is 0. The molecule has 0 amide bonds. The number of nitrogens with one attached hydrogen (secondary N) is 1. The molecule has 0 spiro atoms. The van der Waals surface area contributed by atoms with Crippen LogP contribution in [0, 0.1) is 0 Å². The van der Waals surface area contributed by atoms with Crippen LogP contribution in [0.5, 0.6) is 0 Å². The van der Waals surface area contributed by atoms with Crippen LogP contribution in [-0.4, -0.2) is 55.0 Å². The SMILES string of the molecule is CNC(CCN1CC(CO)OC(C)(C)C1)c1ccccc1. The molecular formula is C17H28N2O2. The molecule has 0 bridgehead atoms. The number of rotatable bonds is 6. The first-order chi connectivity index (χ1) is 10.0. The van der Waals surface area contributed by atoms with E-state index in [4.69, 9.17) is 4.74 Å². The molecule has 0 aromatic heterocycles. The summed E-state index contributed by atoms with van der Waals surface area (Å²) in [4.78, 5) is 2.40. The van der Waals surface area contributed by atoms with E-state index in [0.717, 1.165) is 26.1 Å². The van der Waals surface area contributed by atoms with Crippen LogP contribution < -0.4 is 5.32 Å². The molecule has 1 aliphatic heterocycles. The van der Waals surface area contributed by atoms with Crippen molar-refractivity contribution >= 4 is 0 Å². The van der Waals surface area contributed by atoms with Gasteiger partial charge in [-0.25, -0.2) is 0 Å². The zero-order valence-corrected chi connectivity index (χ0v) is 13.4. The maximum atomic E-state index is 9.38. The fourth-order valence-corrected chi connectivity index (χ4v) is 3.16. The molecule has 1 aromatic carbocycles. The summed E-state index contributed by atoms with van der Waals surface area (Å²) in [6, 6.07) is 10.9. The first kappa shape index (κ1) is 16.4. The quantitative estimate of drug-likeness (QED) is 0.839. The topological polar surface area (TPSA) is 44.7 Å². The number of nitrogens with zero attached hydrogens (tertiary/aromatic N) is 1. The van der Waals surface area contributed by atoms with Crippen molar-refractivity contribution < 1.29 is 9.84 Å². The van der Waals surface area contributed by atoms with E-state index in [-0.39, 0.29) is 18.3 Å². The van der Waals surface area contributed by atoms with Crippen molar-refractivity contribution in [3.05, 3.63) is 35.9 Å². The van der Waals surface area contributed by atoms with E-state index in [9.17, 15) is 5.11 Å². The van der Waals surface area contributed by atoms with Gasteiger partial charge < -0.3 is 15.2 Å². The van der Waals surface area contributed by atoms with Crippen LogP contribution in [0.25, 0.3) is 0 Å². The predicted octanol–water partition coefficient (Wildman–Crippen LogP) is 1.81. The molecule has 2 atom stereocenters. The number of aliphatic hydroxyl groups excluding tert-OH is 1. The van der Waals surface area contributed by atoms with Crippen LogP contribution in [0.15, 0.2) is 30.3 Å². The Morgan fingerprint density at radius 3 is 2.71 bits per heavy atom. The molecule has 0 aliphatic carbocycles. The summed E-state index contributed by atoms with van der Waals surface area (Å²) in [6.45, 7) is 7.00. The minimum absolute atomic E-state index is 0.0708. The highest BCUT2D eigenvalue weighted by molar-refractivity contribution is 5.18. The van der Waals surface area contributed by atoms with Crippen molar-refractivity contribution in [3.63, 3.8) is 0 Å². The Kier molecular flexibility index (Phi) is 5.76. The number of benzene rings is 1. The van der Waals surface area contributed by atoms with Gasteiger partial charge in [-0.1, -0.05) is 30.3 Å². The van der Waals surface area contributed by atoms with Crippen molar-refractivity contribution in [3.8, 4) is 0 Å². The maximum Gasteiger partial charge on any atom is 0.0940 e. The molecule has 4 heteroatoms. The van der Waals surface area contributed by atoms with Gasteiger partial charge in [0, 0.05) is 25.7 Å². The van der Waals surface area contributed by atoms with Gasteiger partial charge in [0.05, 0.1) is 18.3 Å². The van der Waals surface area contributed by atoms with Gasteiger partial charge in [-0.3, -0.25) is 4.90 Å². The fourth-order valence-electron chi connectivity index (χ4n) is 3.16. The lowest BCUT2D eigenvalue weighted by Crippen LogP contribution is -2.54. The van der Waals surface area contributed by atoms with Gasteiger partial charge in [0.25, 0.3) is 0 Å². The first-order valence-corrected chi connectivity index (χ1v) is 7.77. The van der Waals surface area contributed by atoms with Crippen LogP contribution in [-0.2, 0) is 4.74 Å². The number of aliphatic hydroxyl groups is 1. The highest BCUT2D eigenvalue weighted by Gasteiger charge is 2.32. The summed E-state index contributed by atoms with van der Waals surface area (Å²) in [5.74, 6) is 0. The van der Waals surface area contributed by atoms with E-state index in [1.165, 1.54) is 5.56 Å². The Balaban J connectivity index is 1.92. The van der Waals surface area contributed by atoms with Crippen LogP contribution in [0.1, 0.15) is 31.9 Å². The van der Waals surface area contributed by atoms with Crippen LogP contribution in [0.2, 0.25) is 0 Å². The molecule has 1 aliphatic rings. The Morgan fingerprint density at radius 2 is 2.10 bits per heavy atom. The number of morpholine rings is 1. The Bertz CT molecular complexity index is 422. The second kappa shape index (κ2) is 7.36. The minimum Gasteiger partial charge on any atom is -0.394 e. The molecule has 21 heavy (non-hydrogen) atoms. The van der Waals surface area contributed by atoms with Crippen LogP contribution in [0.3, 0.4) is 0 Å². The van der Waals surface area contributed by atoms with Crippen molar-refractivity contribution in [2.45, 2.75) is 38.0 Å². The second-order valence-electron chi connectivity index (χ2n) is 6.46. The third kappa shape index (κ3) is 4.78. The lowest BCUT2D eigenvalue weighted by Gasteiger charge is -2.42. The van der Waals surface area contributed by atoms with Gasteiger partial charge in [-0.05, 0) is 32.9 Å². The Morgan fingerprint density at radius 1 is 1.38 bits per heavy atom. The van der Waals surface area contributed by atoms with Crippen LogP contribution >= 0.6 is 0 Å². The van der Waals surface area contributed by atoms with E-state index in [2.05, 4.69) is 48.3 Å². The number of hydrogen-bond acceptors (Lipinski definition) is 4. The van der Waals surface area contributed by atoms with E-state index in [1.807, 2.05) is 13.1 Å². The normalized spacial score (nSPS) is 23.9. The molecule has 2 N–H and O–H groups in total. The summed E-state index contributed by atoms with van der Waals surface area (Å²) in [5, 5.41) is 12.8. The van der Waals surface area contributed by atoms with Crippen molar-refractivity contribution in [1.82, 2.24) is 10.2 Å². The van der Waals surface area contributed by atoms with Gasteiger partial charge in [0.1, 0.15) is 0 Å². The van der Waals surface area contributed by atoms with E-state index in [1.54, 1.807) is 0 Å². The Hall–Kier alpha value is -0.940. The molecule has 1 aromatic rings. The highest BCUT2D eigenvalue weighted by atomic mass is 16.5. The van der Waals surface area contributed by atoms with E-state index < -0.39 is 0 Å². The molecule has 1 saturated heterocycles. The molecule has 0 saturated carbocycles. The van der Waals surface area contributed by atoms with E-state index >= 15 is 0 Å². The Labute approximate surface area is 128 Å². The van der Waals surface area contributed by atoms with Crippen molar-refractivity contribution in [1.29, 1.82) is 0 Å². The van der Waals surface area contributed by atoms with Gasteiger partial charge >= 0.3 is 0 Å². The fraction of sp³-hybridized carbons (Fsp3) is 0.647. The minimum atomic E-state index is -0.187. The largest absolute Gasteiger partial charge is 0.394 e. The predicted molar refractivity (Wildman–Crippen MR) is 85.3 cm³/mol. The van der Waals surface area contributed by atoms with E-state index in [0.29, 0.717) is 6.04 Å². The number of ether oxygens (including phenoxy) is 1. The molecule has 118 valence electrons. The van der Waals surface area contributed by atoms with Gasteiger partial charge in [-0.15, -0.1) is 0 Å². The highest BCUT2D eigenvalue weighted by Crippen LogP contribution is 2.23. The van der Waals surface area contributed by atoms with Crippen molar-refractivity contribution in [2.75, 3.05) is 33.3 Å². The summed E-state index contributed by atoms with van der Waals surface area (Å²) in [5.41, 5.74) is 1.14. The molecule has 1 fully saturated rings. The third-order valence-electron chi connectivity index (χ3n) is 4.04. The first-order valence-electron chi connectivity index (χ1n) is 7.77. The second-order valence-corrected chi connectivity index (χ2v) is 6.46. The standard InChI is InChI=1S/C17H28N2O2/c1-17(2)13-19(11-15(12-20)21-17)10-9-16(18-3)14-7-5-4-6-8-14/h4-8,15-16,18,20H,9-13H2,1-3H3. The molecule has 0 radical (unpaired) electrons. The van der Waals surface area contributed by atoms with Crippen molar-refractivity contribution in [2.24, 2.45) is 0 Å². The zero-order valence-electron chi connectivity index (χ0n) is 13.4. The zero-order chi connectivity index (χ0) is 15.3. The third-order valence-corrected chi connectivity index (χ3v) is 4.04. The van der Waals surface area contributed by atoms with Gasteiger partial charge in [0.15, 0.2) is 0 Å². The number of hydrogen-bond donors (Lipinski definition) is 2. The maximum absolute atomic E-state index is 9.38. The summed E-state index contributed by atoms with van der Waals surface area (Å²) in [7, 11) is 2.01. The average molecular weight is 292 g/mol. The molecule has 2 unspecified atom stereocenters. The summed E-state index contributed by atoms with van der Waals surface area (Å²) < 4.78 is 5.86. The molecular weight excluding hydrogens is 264 g/mol. The van der Waals surface area contributed by atoms with Gasteiger partial charge in [0.2, 0.25) is 0 Å². The average Bonchev–Trinajstić information content (AvgIpc) is 2.47. The lowest BCUT2D eigenvalue weighted by atomic mass is 10.0. The van der Waals surface area contributed by atoms with Gasteiger partial charge in [-0.2, -0.15) is 0 Å². The lowest BCUT2D eigenvalue weighted by molar-refractivity contribution is -0.149. The smallest absolute Gasteiger partial charge is 0.0940 e. The van der Waals surface area contributed by atoms with Crippen LogP contribution in [0.4, 0.5) is 0 Å².